The third-order valence-electron chi connectivity index (χ3n) is 13.9. The molecule has 1 aromatic carbocycles. The number of nitrogens with zero attached hydrogens (tertiary/aromatic N) is 2. The third kappa shape index (κ3) is 11.3. The Morgan fingerprint density at radius 3 is 2.09 bits per heavy atom. The molecule has 366 valence electrons. The van der Waals surface area contributed by atoms with Crippen molar-refractivity contribution in [3.05, 3.63) is 35.9 Å². The minimum Gasteiger partial charge on any atom is -0.477 e. The van der Waals surface area contributed by atoms with Crippen LogP contribution in [0.2, 0.25) is 0 Å². The molecule has 5 rings (SSSR count). The van der Waals surface area contributed by atoms with Crippen LogP contribution in [0.15, 0.2) is 30.3 Å². The van der Waals surface area contributed by atoms with Gasteiger partial charge in [-0.15, -0.1) is 0 Å². The van der Waals surface area contributed by atoms with E-state index in [1.807, 2.05) is 71.9 Å². The minimum absolute atomic E-state index is 0.0445. The summed E-state index contributed by atoms with van der Waals surface area (Å²) in [5.74, 6) is -13.7. The lowest BCUT2D eigenvalue weighted by Crippen LogP contribution is -2.56. The molecule has 1 heterocycles. The number of esters is 4. The standard InChI is InChI=1S/C48H66F2N2O14/c1-10-47(18-14-15-19-47)66-35(53)24-60-41(58)46(9,48(49,50)38(54)55)27-44(7,39(56)63-34-22-30-20-32(23-51)33(34)21-30)26-45(8,40(57)64-36-25-61-42(59)65-36)28-62-52(43(4,5)6)37(29(2)3)31-16-12-11-13-17-31/h11-13,16-17,29-30,32-34,36-37H,10,14-15,18-22,24-28H2,1-9H3,(H,54,55). The molecule has 3 aliphatic carbocycles. The largest absolute Gasteiger partial charge is 0.511 e. The number of carboxylic acids is 1. The number of hydroxylamine groups is 2. The molecule has 1 saturated heterocycles. The minimum atomic E-state index is -4.95. The number of rotatable bonds is 21. The van der Waals surface area contributed by atoms with Gasteiger partial charge in [0.1, 0.15) is 17.1 Å². The Morgan fingerprint density at radius 1 is 0.924 bits per heavy atom. The molecule has 0 radical (unpaired) electrons. The fourth-order valence-electron chi connectivity index (χ4n) is 10.5. The van der Waals surface area contributed by atoms with Gasteiger partial charge in [0, 0.05) is 11.5 Å². The smallest absolute Gasteiger partial charge is 0.477 e. The van der Waals surface area contributed by atoms with E-state index in [9.17, 15) is 39.1 Å². The normalized spacial score (nSPS) is 25.6. The van der Waals surface area contributed by atoms with Crippen LogP contribution in [0.4, 0.5) is 13.6 Å². The first-order valence-electron chi connectivity index (χ1n) is 22.9. The monoisotopic (exact) mass is 932 g/mol. The number of nitriles is 1. The van der Waals surface area contributed by atoms with E-state index in [2.05, 4.69) is 6.07 Å². The van der Waals surface area contributed by atoms with E-state index in [-0.39, 0.29) is 17.8 Å². The summed E-state index contributed by atoms with van der Waals surface area (Å²) in [4.78, 5) is 87.8. The number of cyclic esters (lactones) is 2. The molecule has 0 aromatic heterocycles. The van der Waals surface area contributed by atoms with E-state index < -0.39 is 126 Å². The van der Waals surface area contributed by atoms with Crippen molar-refractivity contribution < 1.29 is 75.9 Å². The molecule has 1 N–H and O–H groups in total. The molecule has 18 heteroatoms. The van der Waals surface area contributed by atoms with E-state index in [1.54, 1.807) is 5.06 Å². The molecule has 4 aliphatic rings. The van der Waals surface area contributed by atoms with E-state index in [4.69, 9.17) is 33.3 Å². The molecule has 66 heavy (non-hydrogen) atoms. The molecule has 16 nitrogen and oxygen atoms in total. The second-order valence-electron chi connectivity index (χ2n) is 20.8. The molecule has 3 saturated carbocycles. The molecular weight excluding hydrogens is 867 g/mol. The van der Waals surface area contributed by atoms with Crippen molar-refractivity contribution in [1.29, 1.82) is 5.26 Å². The van der Waals surface area contributed by atoms with Gasteiger partial charge in [-0.3, -0.25) is 19.2 Å². The molecule has 1 aliphatic heterocycles. The van der Waals surface area contributed by atoms with Crippen molar-refractivity contribution in [3.63, 3.8) is 0 Å². The number of carboxylic acid groups (broad SMARTS) is 1. The first-order chi connectivity index (χ1) is 30.7. The van der Waals surface area contributed by atoms with E-state index >= 15 is 8.78 Å². The number of benzene rings is 1. The zero-order chi connectivity index (χ0) is 49.0. The molecule has 0 amide bonds. The summed E-state index contributed by atoms with van der Waals surface area (Å²) < 4.78 is 65.3. The van der Waals surface area contributed by atoms with Gasteiger partial charge in [-0.2, -0.15) is 19.1 Å². The van der Waals surface area contributed by atoms with Gasteiger partial charge < -0.3 is 33.5 Å². The summed E-state index contributed by atoms with van der Waals surface area (Å²) >= 11 is 0. The second kappa shape index (κ2) is 20.1. The van der Waals surface area contributed by atoms with E-state index in [1.165, 1.54) is 13.8 Å². The summed E-state index contributed by atoms with van der Waals surface area (Å²) in [6.07, 6.45) is -0.934. The van der Waals surface area contributed by atoms with Crippen molar-refractivity contribution in [1.82, 2.24) is 5.06 Å². The Bertz CT molecular complexity index is 2000. The van der Waals surface area contributed by atoms with Crippen LogP contribution in [0.3, 0.4) is 0 Å². The van der Waals surface area contributed by atoms with Gasteiger partial charge in [-0.05, 0) is 123 Å². The molecule has 4 fully saturated rings. The van der Waals surface area contributed by atoms with Crippen LogP contribution in [-0.4, -0.2) is 95.4 Å². The van der Waals surface area contributed by atoms with E-state index in [0.717, 1.165) is 18.4 Å². The maximum atomic E-state index is 16.5. The van der Waals surface area contributed by atoms with Gasteiger partial charge in [0.05, 0.1) is 35.5 Å². The van der Waals surface area contributed by atoms with Crippen LogP contribution < -0.4 is 0 Å². The van der Waals surface area contributed by atoms with Crippen LogP contribution in [-0.2, 0) is 57.2 Å². The van der Waals surface area contributed by atoms with Crippen molar-refractivity contribution in [2.45, 2.75) is 162 Å². The molecule has 2 bridgehead atoms. The topological polar surface area (TPSA) is 214 Å². The number of carbonyl (C=O) groups is 6. The van der Waals surface area contributed by atoms with Crippen molar-refractivity contribution in [2.75, 3.05) is 19.8 Å². The number of fused-ring (bicyclic) bond motifs is 2. The lowest BCUT2D eigenvalue weighted by atomic mass is 9.63. The third-order valence-corrected chi connectivity index (χ3v) is 13.9. The molecule has 9 atom stereocenters. The first kappa shape index (κ1) is 52.1. The molecule has 1 aromatic rings. The summed E-state index contributed by atoms with van der Waals surface area (Å²) in [6, 6.07) is 11.2. The number of hydrogen-bond acceptors (Lipinski definition) is 15. The fourth-order valence-corrected chi connectivity index (χ4v) is 10.5. The Hall–Kier alpha value is -4.89. The Morgan fingerprint density at radius 2 is 1.56 bits per heavy atom. The highest BCUT2D eigenvalue weighted by molar-refractivity contribution is 5.90. The fraction of sp³-hybridized carbons (Fsp3) is 0.729. The maximum absolute atomic E-state index is 16.5. The quantitative estimate of drug-likeness (QED) is 0.0698. The van der Waals surface area contributed by atoms with Crippen molar-refractivity contribution >= 4 is 36.0 Å². The van der Waals surface area contributed by atoms with Gasteiger partial charge >= 0.3 is 41.9 Å². The van der Waals surface area contributed by atoms with Crippen LogP contribution in [0.25, 0.3) is 0 Å². The highest BCUT2D eigenvalue weighted by Crippen LogP contribution is 2.54. The van der Waals surface area contributed by atoms with Gasteiger partial charge in [-0.1, -0.05) is 51.1 Å². The predicted octanol–water partition coefficient (Wildman–Crippen LogP) is 8.26. The second-order valence-corrected chi connectivity index (χ2v) is 20.8. The van der Waals surface area contributed by atoms with Crippen LogP contribution in [0.5, 0.6) is 0 Å². The van der Waals surface area contributed by atoms with Gasteiger partial charge in [-0.25, -0.2) is 14.4 Å². The molecule has 9 unspecified atom stereocenters. The zero-order valence-corrected chi connectivity index (χ0v) is 39.5. The molecule has 0 spiro atoms. The predicted molar refractivity (Wildman–Crippen MR) is 228 cm³/mol. The summed E-state index contributed by atoms with van der Waals surface area (Å²) in [5.41, 5.74) is -8.58. The van der Waals surface area contributed by atoms with Crippen molar-refractivity contribution in [2.24, 2.45) is 39.9 Å². The average Bonchev–Trinajstić information content (AvgIpc) is 4.07. The van der Waals surface area contributed by atoms with Crippen LogP contribution in [0, 0.1) is 51.2 Å². The van der Waals surface area contributed by atoms with Gasteiger partial charge in [0.15, 0.2) is 13.2 Å². The summed E-state index contributed by atoms with van der Waals surface area (Å²) in [5, 5.41) is 21.6. The summed E-state index contributed by atoms with van der Waals surface area (Å²) in [7, 11) is 0. The number of aliphatic carboxylic acids is 1. The number of halogens is 2. The van der Waals surface area contributed by atoms with Crippen molar-refractivity contribution in [3.8, 4) is 6.07 Å². The van der Waals surface area contributed by atoms with E-state index in [0.29, 0.717) is 45.4 Å². The first-order valence-corrected chi connectivity index (χ1v) is 22.9. The maximum Gasteiger partial charge on any atom is 0.511 e. The number of ether oxygens (including phenoxy) is 6. The number of alkyl halides is 2. The molecular formula is C48H66F2N2O14. The van der Waals surface area contributed by atoms with Gasteiger partial charge in [0.25, 0.3) is 6.29 Å². The Labute approximate surface area is 385 Å². The lowest BCUT2D eigenvalue weighted by Gasteiger charge is -2.46. The van der Waals surface area contributed by atoms with Gasteiger partial charge in [0.2, 0.25) is 0 Å². The highest BCUT2D eigenvalue weighted by atomic mass is 19.3. The highest BCUT2D eigenvalue weighted by Gasteiger charge is 2.66. The average molecular weight is 933 g/mol. The van der Waals surface area contributed by atoms with Crippen LogP contribution >= 0.6 is 0 Å². The summed E-state index contributed by atoms with van der Waals surface area (Å²) in [6.45, 7) is 12.3. The number of hydrogen-bond donors (Lipinski definition) is 1. The zero-order valence-electron chi connectivity index (χ0n) is 39.5. The number of carbonyl (C=O) groups excluding carboxylic acids is 5. The Balaban J connectivity index is 1.58. The lowest BCUT2D eigenvalue weighted by molar-refractivity contribution is -0.265. The SMILES string of the molecule is CCC1(OC(=O)COC(=O)C(C)(CC(C)(CC(C)(CON(C(c2ccccc2)C(C)C)C(C)(C)C)C(=O)OC2COC(=O)O2)C(=O)OC2CC3CC(C#N)C2C3)C(F)(F)C(=O)O)CCCC1. The van der Waals surface area contributed by atoms with Crippen LogP contribution in [0.1, 0.15) is 138 Å². The Kier molecular flexibility index (Phi) is 15.9.